The molecular weight excluding hydrogens is 230 g/mol. The van der Waals surface area contributed by atoms with Crippen LogP contribution in [0.3, 0.4) is 0 Å². The Kier molecular flexibility index (Phi) is 3.28. The molecule has 4 heteroatoms. The SMILES string of the molecule is CCc1c(F)cccc1B1OC(C)(C)C(C)(C)O1. The van der Waals surface area contributed by atoms with Gasteiger partial charge in [0.1, 0.15) is 5.82 Å². The summed E-state index contributed by atoms with van der Waals surface area (Å²) >= 11 is 0. The van der Waals surface area contributed by atoms with Gasteiger partial charge in [-0.3, -0.25) is 0 Å². The lowest BCUT2D eigenvalue weighted by molar-refractivity contribution is 0.00578. The number of rotatable bonds is 2. The van der Waals surface area contributed by atoms with E-state index in [0.717, 1.165) is 5.46 Å². The zero-order valence-electron chi connectivity index (χ0n) is 11.7. The van der Waals surface area contributed by atoms with E-state index in [-0.39, 0.29) is 5.82 Å². The van der Waals surface area contributed by atoms with Crippen LogP contribution in [-0.4, -0.2) is 18.3 Å². The molecule has 1 saturated heterocycles. The summed E-state index contributed by atoms with van der Waals surface area (Å²) in [5.74, 6) is -0.190. The van der Waals surface area contributed by atoms with Gasteiger partial charge in [0.25, 0.3) is 0 Å². The van der Waals surface area contributed by atoms with Crippen molar-refractivity contribution in [2.45, 2.75) is 52.2 Å². The second kappa shape index (κ2) is 4.35. The summed E-state index contributed by atoms with van der Waals surface area (Å²) in [5.41, 5.74) is 0.691. The first-order valence-corrected chi connectivity index (χ1v) is 6.41. The Labute approximate surface area is 109 Å². The minimum Gasteiger partial charge on any atom is -0.399 e. The molecule has 0 radical (unpaired) electrons. The molecule has 1 fully saturated rings. The highest BCUT2D eigenvalue weighted by atomic mass is 19.1. The summed E-state index contributed by atoms with van der Waals surface area (Å²) in [4.78, 5) is 0. The molecule has 1 aromatic rings. The predicted octanol–water partition coefficient (Wildman–Crippen LogP) is 2.69. The molecule has 18 heavy (non-hydrogen) atoms. The van der Waals surface area contributed by atoms with Gasteiger partial charge in [-0.15, -0.1) is 0 Å². The molecule has 1 aromatic carbocycles. The standard InChI is InChI=1S/C14H20BFO2/c1-6-10-11(8-7-9-12(10)16)15-17-13(2,3)14(4,5)18-15/h7-9H,6H2,1-5H3. The van der Waals surface area contributed by atoms with Crippen molar-refractivity contribution < 1.29 is 13.7 Å². The Hall–Kier alpha value is -0.865. The third-order valence-corrected chi connectivity index (χ3v) is 4.02. The fourth-order valence-corrected chi connectivity index (χ4v) is 2.14. The van der Waals surface area contributed by atoms with E-state index in [1.54, 1.807) is 6.07 Å². The van der Waals surface area contributed by atoms with Crippen molar-refractivity contribution in [1.29, 1.82) is 0 Å². The molecule has 1 aliphatic rings. The summed E-state index contributed by atoms with van der Waals surface area (Å²) in [6, 6.07) is 5.06. The third-order valence-electron chi connectivity index (χ3n) is 4.02. The van der Waals surface area contributed by atoms with E-state index < -0.39 is 18.3 Å². The molecule has 0 aliphatic carbocycles. The smallest absolute Gasteiger partial charge is 0.399 e. The highest BCUT2D eigenvalue weighted by Crippen LogP contribution is 2.36. The topological polar surface area (TPSA) is 18.5 Å². The van der Waals surface area contributed by atoms with E-state index in [9.17, 15) is 4.39 Å². The molecule has 2 nitrogen and oxygen atoms in total. The lowest BCUT2D eigenvalue weighted by Gasteiger charge is -2.32. The first kappa shape index (κ1) is 13.6. The van der Waals surface area contributed by atoms with Crippen molar-refractivity contribution in [3.05, 3.63) is 29.6 Å². The van der Waals surface area contributed by atoms with E-state index in [1.807, 2.05) is 40.7 Å². The fourth-order valence-electron chi connectivity index (χ4n) is 2.14. The zero-order valence-corrected chi connectivity index (χ0v) is 11.7. The van der Waals surface area contributed by atoms with E-state index in [1.165, 1.54) is 6.07 Å². The minimum absolute atomic E-state index is 0.190. The third kappa shape index (κ3) is 2.08. The Balaban J connectivity index is 2.38. The average molecular weight is 250 g/mol. The van der Waals surface area contributed by atoms with E-state index in [0.29, 0.717) is 12.0 Å². The highest BCUT2D eigenvalue weighted by Gasteiger charge is 2.52. The van der Waals surface area contributed by atoms with Gasteiger partial charge in [0, 0.05) is 0 Å². The van der Waals surface area contributed by atoms with Crippen LogP contribution in [0.4, 0.5) is 4.39 Å². The van der Waals surface area contributed by atoms with E-state index >= 15 is 0 Å². The Bertz CT molecular complexity index is 441. The first-order valence-electron chi connectivity index (χ1n) is 6.41. The maximum Gasteiger partial charge on any atom is 0.495 e. The quantitative estimate of drug-likeness (QED) is 0.751. The van der Waals surface area contributed by atoms with Crippen molar-refractivity contribution >= 4 is 12.6 Å². The van der Waals surface area contributed by atoms with Crippen LogP contribution < -0.4 is 5.46 Å². The number of hydrogen-bond donors (Lipinski definition) is 0. The van der Waals surface area contributed by atoms with E-state index in [2.05, 4.69) is 0 Å². The maximum absolute atomic E-state index is 13.8. The van der Waals surface area contributed by atoms with Crippen molar-refractivity contribution in [1.82, 2.24) is 0 Å². The van der Waals surface area contributed by atoms with Gasteiger partial charge in [-0.1, -0.05) is 19.1 Å². The average Bonchev–Trinajstić information content (AvgIpc) is 2.47. The second-order valence-electron chi connectivity index (χ2n) is 5.75. The van der Waals surface area contributed by atoms with Crippen LogP contribution in [0, 0.1) is 5.82 Å². The van der Waals surface area contributed by atoms with Crippen LogP contribution in [0.5, 0.6) is 0 Å². The molecule has 0 N–H and O–H groups in total. The largest absolute Gasteiger partial charge is 0.495 e. The molecule has 0 saturated carbocycles. The molecule has 98 valence electrons. The summed E-state index contributed by atoms with van der Waals surface area (Å²) in [6.07, 6.45) is 0.631. The monoisotopic (exact) mass is 250 g/mol. The summed E-state index contributed by atoms with van der Waals surface area (Å²) in [7, 11) is -0.486. The Morgan fingerprint density at radius 3 is 2.17 bits per heavy atom. The van der Waals surface area contributed by atoms with Crippen LogP contribution >= 0.6 is 0 Å². The van der Waals surface area contributed by atoms with Crippen molar-refractivity contribution in [3.63, 3.8) is 0 Å². The van der Waals surface area contributed by atoms with Gasteiger partial charge in [0.15, 0.2) is 0 Å². The van der Waals surface area contributed by atoms with Crippen molar-refractivity contribution in [3.8, 4) is 0 Å². The molecule has 0 spiro atoms. The Morgan fingerprint density at radius 1 is 1.11 bits per heavy atom. The lowest BCUT2D eigenvalue weighted by Crippen LogP contribution is -2.41. The molecule has 0 atom stereocenters. The molecular formula is C14H20BFO2. The van der Waals surface area contributed by atoms with Gasteiger partial charge in [-0.25, -0.2) is 4.39 Å². The normalized spacial score (nSPS) is 21.3. The number of benzene rings is 1. The molecule has 0 aromatic heterocycles. The Morgan fingerprint density at radius 2 is 1.67 bits per heavy atom. The summed E-state index contributed by atoms with van der Waals surface area (Å²) in [5, 5.41) is 0. The lowest BCUT2D eigenvalue weighted by atomic mass is 9.75. The zero-order chi connectivity index (χ0) is 13.6. The first-order chi connectivity index (χ1) is 8.28. The van der Waals surface area contributed by atoms with Gasteiger partial charge in [0.05, 0.1) is 11.2 Å². The van der Waals surface area contributed by atoms with Crippen LogP contribution in [0.15, 0.2) is 18.2 Å². The molecule has 0 amide bonds. The second-order valence-corrected chi connectivity index (χ2v) is 5.75. The highest BCUT2D eigenvalue weighted by molar-refractivity contribution is 6.62. The molecule has 2 rings (SSSR count). The number of halogens is 1. The van der Waals surface area contributed by atoms with Gasteiger partial charge >= 0.3 is 7.12 Å². The van der Waals surface area contributed by atoms with Crippen molar-refractivity contribution in [2.75, 3.05) is 0 Å². The van der Waals surface area contributed by atoms with Gasteiger partial charge < -0.3 is 9.31 Å². The predicted molar refractivity (Wildman–Crippen MR) is 71.5 cm³/mol. The molecule has 0 bridgehead atoms. The van der Waals surface area contributed by atoms with Crippen LogP contribution in [-0.2, 0) is 15.7 Å². The van der Waals surface area contributed by atoms with Crippen LogP contribution in [0.25, 0.3) is 0 Å². The van der Waals surface area contributed by atoms with Crippen LogP contribution in [0.2, 0.25) is 0 Å². The summed E-state index contributed by atoms with van der Waals surface area (Å²) in [6.45, 7) is 9.93. The summed E-state index contributed by atoms with van der Waals surface area (Å²) < 4.78 is 25.7. The maximum atomic E-state index is 13.8. The number of hydrogen-bond acceptors (Lipinski definition) is 2. The van der Waals surface area contributed by atoms with Gasteiger partial charge in [-0.05, 0) is 51.2 Å². The van der Waals surface area contributed by atoms with Gasteiger partial charge in [0.2, 0.25) is 0 Å². The van der Waals surface area contributed by atoms with Crippen LogP contribution in [0.1, 0.15) is 40.2 Å². The fraction of sp³-hybridized carbons (Fsp3) is 0.571. The van der Waals surface area contributed by atoms with Crippen molar-refractivity contribution in [2.24, 2.45) is 0 Å². The van der Waals surface area contributed by atoms with Gasteiger partial charge in [-0.2, -0.15) is 0 Å². The molecule has 0 unspecified atom stereocenters. The van der Waals surface area contributed by atoms with E-state index in [4.69, 9.17) is 9.31 Å². The molecule has 1 heterocycles. The minimum atomic E-state index is -0.486. The molecule has 1 aliphatic heterocycles.